The van der Waals surface area contributed by atoms with Gasteiger partial charge < -0.3 is 10.1 Å². The molecule has 1 aliphatic rings. The predicted octanol–water partition coefficient (Wildman–Crippen LogP) is 3.68. The molecule has 1 rings (SSSR count). The quantitative estimate of drug-likeness (QED) is 0.512. The van der Waals surface area contributed by atoms with Crippen LogP contribution < -0.4 is 5.32 Å². The number of alkyl halides is 1. The summed E-state index contributed by atoms with van der Waals surface area (Å²) in [7, 11) is 0. The first-order valence-corrected chi connectivity index (χ1v) is 8.12. The molecule has 1 saturated carbocycles. The lowest BCUT2D eigenvalue weighted by atomic mass is 9.80. The van der Waals surface area contributed by atoms with Crippen molar-refractivity contribution in [2.75, 3.05) is 32.2 Å². The molecule has 1 fully saturated rings. The van der Waals surface area contributed by atoms with Crippen LogP contribution in [-0.4, -0.2) is 32.2 Å². The standard InChI is InChI=1S/C15H30ClNO/c1-13(2)7-9-18-10-8-17-12-15-6-4-3-5-14(15)11-16/h13-15,17H,3-12H2,1-2H3. The Bertz CT molecular complexity index is 199. The summed E-state index contributed by atoms with van der Waals surface area (Å²) in [6, 6.07) is 0. The highest BCUT2D eigenvalue weighted by Crippen LogP contribution is 2.30. The highest BCUT2D eigenvalue weighted by Gasteiger charge is 2.23. The van der Waals surface area contributed by atoms with Crippen LogP contribution in [0.5, 0.6) is 0 Å². The average molecular weight is 276 g/mol. The van der Waals surface area contributed by atoms with Gasteiger partial charge in [-0.25, -0.2) is 0 Å². The van der Waals surface area contributed by atoms with Gasteiger partial charge in [0.25, 0.3) is 0 Å². The largest absolute Gasteiger partial charge is 0.380 e. The third-order valence-corrected chi connectivity index (χ3v) is 4.33. The Morgan fingerprint density at radius 1 is 1.17 bits per heavy atom. The van der Waals surface area contributed by atoms with E-state index in [-0.39, 0.29) is 0 Å². The number of rotatable bonds is 9. The van der Waals surface area contributed by atoms with Gasteiger partial charge >= 0.3 is 0 Å². The van der Waals surface area contributed by atoms with Crippen molar-refractivity contribution < 1.29 is 4.74 Å². The first-order valence-electron chi connectivity index (χ1n) is 7.58. The van der Waals surface area contributed by atoms with Crippen molar-refractivity contribution in [1.82, 2.24) is 5.32 Å². The maximum atomic E-state index is 6.03. The molecule has 0 bridgehead atoms. The van der Waals surface area contributed by atoms with E-state index >= 15 is 0 Å². The number of hydrogen-bond acceptors (Lipinski definition) is 2. The van der Waals surface area contributed by atoms with Crippen LogP contribution in [0.1, 0.15) is 46.0 Å². The SMILES string of the molecule is CC(C)CCOCCNCC1CCCCC1CCl. The molecule has 3 heteroatoms. The Morgan fingerprint density at radius 2 is 1.89 bits per heavy atom. The van der Waals surface area contributed by atoms with Crippen LogP contribution >= 0.6 is 11.6 Å². The van der Waals surface area contributed by atoms with Crippen LogP contribution in [-0.2, 0) is 4.74 Å². The van der Waals surface area contributed by atoms with Crippen molar-refractivity contribution in [2.45, 2.75) is 46.0 Å². The summed E-state index contributed by atoms with van der Waals surface area (Å²) in [6.45, 7) is 8.29. The third-order valence-electron chi connectivity index (χ3n) is 3.93. The summed E-state index contributed by atoms with van der Waals surface area (Å²) in [5, 5.41) is 3.52. The molecule has 0 saturated heterocycles. The minimum atomic E-state index is 0.731. The van der Waals surface area contributed by atoms with Gasteiger partial charge in [-0.15, -0.1) is 11.6 Å². The van der Waals surface area contributed by atoms with Crippen molar-refractivity contribution in [3.05, 3.63) is 0 Å². The van der Waals surface area contributed by atoms with E-state index in [1.54, 1.807) is 0 Å². The van der Waals surface area contributed by atoms with E-state index in [2.05, 4.69) is 19.2 Å². The van der Waals surface area contributed by atoms with E-state index in [1.807, 2.05) is 0 Å². The molecule has 0 aromatic heterocycles. The van der Waals surface area contributed by atoms with Gasteiger partial charge in [-0.1, -0.05) is 26.7 Å². The first-order chi connectivity index (χ1) is 8.74. The van der Waals surface area contributed by atoms with Crippen molar-refractivity contribution in [2.24, 2.45) is 17.8 Å². The number of halogens is 1. The van der Waals surface area contributed by atoms with Crippen LogP contribution in [0.4, 0.5) is 0 Å². The second-order valence-corrected chi connectivity index (χ2v) is 6.27. The molecule has 0 radical (unpaired) electrons. The fraction of sp³-hybridized carbons (Fsp3) is 1.00. The Labute approximate surface area is 118 Å². The van der Waals surface area contributed by atoms with Gasteiger partial charge in [-0.3, -0.25) is 0 Å². The minimum absolute atomic E-state index is 0.731. The Morgan fingerprint density at radius 3 is 2.56 bits per heavy atom. The zero-order chi connectivity index (χ0) is 13.2. The van der Waals surface area contributed by atoms with Crippen LogP contribution in [0, 0.1) is 17.8 Å². The van der Waals surface area contributed by atoms with Crippen LogP contribution in [0.25, 0.3) is 0 Å². The van der Waals surface area contributed by atoms with E-state index in [0.717, 1.165) is 56.4 Å². The topological polar surface area (TPSA) is 21.3 Å². The van der Waals surface area contributed by atoms with Crippen LogP contribution in [0.15, 0.2) is 0 Å². The fourth-order valence-corrected chi connectivity index (χ4v) is 3.02. The number of hydrogen-bond donors (Lipinski definition) is 1. The van der Waals surface area contributed by atoms with Gasteiger partial charge in [0.2, 0.25) is 0 Å². The van der Waals surface area contributed by atoms with Gasteiger partial charge in [0, 0.05) is 19.0 Å². The Balaban J connectivity index is 1.96. The molecule has 1 aliphatic carbocycles. The van der Waals surface area contributed by atoms with Crippen molar-refractivity contribution in [3.63, 3.8) is 0 Å². The molecule has 0 spiro atoms. The molecule has 1 N–H and O–H groups in total. The lowest BCUT2D eigenvalue weighted by molar-refractivity contribution is 0.123. The highest BCUT2D eigenvalue weighted by atomic mass is 35.5. The van der Waals surface area contributed by atoms with E-state index in [0.29, 0.717) is 0 Å². The van der Waals surface area contributed by atoms with E-state index < -0.39 is 0 Å². The summed E-state index contributed by atoms with van der Waals surface area (Å²) >= 11 is 6.03. The molecule has 18 heavy (non-hydrogen) atoms. The van der Waals surface area contributed by atoms with Gasteiger partial charge in [-0.05, 0) is 43.6 Å². The summed E-state index contributed by atoms with van der Waals surface area (Å²) in [4.78, 5) is 0. The molecular weight excluding hydrogens is 246 g/mol. The normalized spacial score (nSPS) is 24.7. The van der Waals surface area contributed by atoms with Gasteiger partial charge in [-0.2, -0.15) is 0 Å². The third kappa shape index (κ3) is 6.96. The smallest absolute Gasteiger partial charge is 0.0590 e. The molecule has 0 aromatic rings. The van der Waals surface area contributed by atoms with Crippen LogP contribution in [0.2, 0.25) is 0 Å². The number of ether oxygens (including phenoxy) is 1. The second kappa shape index (κ2) is 10.1. The average Bonchev–Trinajstić information content (AvgIpc) is 2.37. The second-order valence-electron chi connectivity index (χ2n) is 5.96. The molecule has 2 atom stereocenters. The van der Waals surface area contributed by atoms with Gasteiger partial charge in [0.05, 0.1) is 6.61 Å². The zero-order valence-corrected chi connectivity index (χ0v) is 12.8. The van der Waals surface area contributed by atoms with Gasteiger partial charge in [0.15, 0.2) is 0 Å². The molecular formula is C15H30ClNO. The van der Waals surface area contributed by atoms with Crippen molar-refractivity contribution >= 4 is 11.6 Å². The molecule has 0 aliphatic heterocycles. The van der Waals surface area contributed by atoms with E-state index in [4.69, 9.17) is 16.3 Å². The summed E-state index contributed by atoms with van der Waals surface area (Å²) in [5.41, 5.74) is 0. The Hall–Kier alpha value is 0.210. The van der Waals surface area contributed by atoms with E-state index in [9.17, 15) is 0 Å². The maximum absolute atomic E-state index is 6.03. The monoisotopic (exact) mass is 275 g/mol. The molecule has 0 amide bonds. The molecule has 0 aromatic carbocycles. The highest BCUT2D eigenvalue weighted by molar-refractivity contribution is 6.18. The summed E-state index contributed by atoms with van der Waals surface area (Å²) in [5.74, 6) is 3.09. The molecule has 2 unspecified atom stereocenters. The predicted molar refractivity (Wildman–Crippen MR) is 79.3 cm³/mol. The van der Waals surface area contributed by atoms with Crippen molar-refractivity contribution in [1.29, 1.82) is 0 Å². The lowest BCUT2D eigenvalue weighted by Gasteiger charge is -2.30. The molecule has 2 nitrogen and oxygen atoms in total. The fourth-order valence-electron chi connectivity index (χ4n) is 2.61. The first kappa shape index (κ1) is 16.3. The Kier molecular flexibility index (Phi) is 9.08. The molecule has 108 valence electrons. The lowest BCUT2D eigenvalue weighted by Crippen LogP contribution is -2.33. The summed E-state index contributed by atoms with van der Waals surface area (Å²) < 4.78 is 5.60. The maximum Gasteiger partial charge on any atom is 0.0590 e. The van der Waals surface area contributed by atoms with Crippen molar-refractivity contribution in [3.8, 4) is 0 Å². The number of nitrogens with one attached hydrogen (secondary N) is 1. The molecule has 0 heterocycles. The minimum Gasteiger partial charge on any atom is -0.380 e. The summed E-state index contributed by atoms with van der Waals surface area (Å²) in [6.07, 6.45) is 6.58. The van der Waals surface area contributed by atoms with E-state index in [1.165, 1.54) is 25.7 Å². The van der Waals surface area contributed by atoms with Crippen LogP contribution in [0.3, 0.4) is 0 Å². The van der Waals surface area contributed by atoms with Gasteiger partial charge in [0.1, 0.15) is 0 Å². The zero-order valence-electron chi connectivity index (χ0n) is 12.1.